The van der Waals surface area contributed by atoms with E-state index in [1.54, 1.807) is 26.8 Å². The third-order valence-electron chi connectivity index (χ3n) is 17.9. The smallest absolute Gasteiger partial charge is 0.331 e. The highest BCUT2D eigenvalue weighted by atomic mass is 16.8. The van der Waals surface area contributed by atoms with Gasteiger partial charge in [0.1, 0.15) is 43.2 Å². The minimum Gasteiger partial charge on any atom is -0.458 e. The van der Waals surface area contributed by atoms with E-state index in [9.17, 15) is 40.5 Å². The average molecular weight is 911 g/mol. The first-order valence-corrected chi connectivity index (χ1v) is 24.2. The van der Waals surface area contributed by atoms with Crippen molar-refractivity contribution in [3.05, 3.63) is 11.6 Å². The molecule has 9 aliphatic rings. The maximum atomic E-state index is 12.6. The topological polar surface area (TPSA) is 242 Å². The normalized spacial score (nSPS) is 55.5. The molecule has 0 bridgehead atoms. The number of carbonyl (C=O) groups is 1. The van der Waals surface area contributed by atoms with Gasteiger partial charge in [-0.2, -0.15) is 0 Å². The first kappa shape index (κ1) is 47.7. The number of esters is 1. The van der Waals surface area contributed by atoms with Crippen molar-refractivity contribution in [1.29, 1.82) is 0 Å². The fourth-order valence-electron chi connectivity index (χ4n) is 14.3. The summed E-state index contributed by atoms with van der Waals surface area (Å²) in [4.78, 5) is 12.0. The number of carbonyl (C=O) groups excluding carboxylic acids is 1. The maximum Gasteiger partial charge on any atom is 0.331 e. The standard InChI is InChI=1S/C47H74O17/c1-21-38(52)39(53)40(54)44(60-21)64-43-24(4)59-37(19-33(43)50)63-42-23(3)58-36(18-32(42)49)62-41-22(2)57-35(17-31(41)48)61-27-9-12-45(5)26(16-27)7-8-30-29(45)10-13-46(6)28(11-14-47(30,46)55)25-15-34(51)56-20-25/h15,21-24,26-33,35-44,48-50,52-55H,7-14,16-20H2,1-6H3/t21-,22+,23+,24+,26+,27-,28+,29-,30+,31-,32-,33-,35-,36-,37-,38-,39+,40+,41+,42+,43+,44-,45-,46+,47-/m0/s1. The number of rotatable bonds is 9. The lowest BCUT2D eigenvalue weighted by molar-refractivity contribution is -0.353. The molecule has 0 unspecified atom stereocenters. The van der Waals surface area contributed by atoms with Crippen molar-refractivity contribution in [3.8, 4) is 0 Å². The molecule has 4 saturated heterocycles. The monoisotopic (exact) mass is 910 g/mol. The predicted octanol–water partition coefficient (Wildman–Crippen LogP) is 2.10. The number of hydrogen-bond donors (Lipinski definition) is 7. The van der Waals surface area contributed by atoms with Crippen LogP contribution in [0.5, 0.6) is 0 Å². The summed E-state index contributed by atoms with van der Waals surface area (Å²) in [5, 5.41) is 76.9. The summed E-state index contributed by atoms with van der Waals surface area (Å²) in [5.74, 6) is 1.04. The highest BCUT2D eigenvalue weighted by Crippen LogP contribution is 2.70. The van der Waals surface area contributed by atoms with E-state index in [0.29, 0.717) is 18.4 Å². The van der Waals surface area contributed by atoms with Gasteiger partial charge in [-0.1, -0.05) is 13.8 Å². The summed E-state index contributed by atoms with van der Waals surface area (Å²) < 4.78 is 54.3. The van der Waals surface area contributed by atoms with Crippen LogP contribution in [0.25, 0.3) is 0 Å². The number of fused-ring (bicyclic) bond motifs is 5. The molecular weight excluding hydrogens is 837 g/mol. The average Bonchev–Trinajstić information content (AvgIpc) is 3.79. The van der Waals surface area contributed by atoms with Gasteiger partial charge < -0.3 is 78.4 Å². The summed E-state index contributed by atoms with van der Waals surface area (Å²) in [6, 6.07) is 0. The van der Waals surface area contributed by atoms with Gasteiger partial charge in [0.2, 0.25) is 0 Å². The van der Waals surface area contributed by atoms with Gasteiger partial charge in [-0.15, -0.1) is 0 Å². The number of aliphatic hydroxyl groups excluding tert-OH is 6. The van der Waals surface area contributed by atoms with Crippen LogP contribution in [-0.2, 0) is 47.4 Å². The molecule has 9 rings (SSSR count). The van der Waals surface area contributed by atoms with Gasteiger partial charge in [-0.25, -0.2) is 4.79 Å². The van der Waals surface area contributed by atoms with Crippen LogP contribution < -0.4 is 0 Å². The molecule has 17 heteroatoms. The second kappa shape index (κ2) is 18.2. The second-order valence-corrected chi connectivity index (χ2v) is 21.5. The van der Waals surface area contributed by atoms with E-state index in [-0.39, 0.29) is 54.0 Å². The predicted molar refractivity (Wildman–Crippen MR) is 222 cm³/mol. The number of ether oxygens (including phenoxy) is 9. The quantitative estimate of drug-likeness (QED) is 0.129. The minimum absolute atomic E-state index is 0.00644. The van der Waals surface area contributed by atoms with Crippen LogP contribution in [0, 0.1) is 34.5 Å². The Labute approximate surface area is 376 Å². The molecule has 5 heterocycles. The van der Waals surface area contributed by atoms with Gasteiger partial charge in [0, 0.05) is 30.8 Å². The maximum absolute atomic E-state index is 12.6. The van der Waals surface area contributed by atoms with Crippen LogP contribution in [-0.4, -0.2) is 165 Å². The zero-order chi connectivity index (χ0) is 45.6. The Bertz CT molecular complexity index is 1670. The van der Waals surface area contributed by atoms with Crippen LogP contribution in [0.15, 0.2) is 11.6 Å². The van der Waals surface area contributed by atoms with Crippen molar-refractivity contribution in [2.24, 2.45) is 34.5 Å². The molecule has 0 aromatic heterocycles. The Morgan fingerprint density at radius 2 is 1.17 bits per heavy atom. The Balaban J connectivity index is 0.731. The van der Waals surface area contributed by atoms with Crippen LogP contribution in [0.2, 0.25) is 0 Å². The molecule has 4 aliphatic carbocycles. The second-order valence-electron chi connectivity index (χ2n) is 21.5. The van der Waals surface area contributed by atoms with Crippen molar-refractivity contribution in [1.82, 2.24) is 0 Å². The fourth-order valence-corrected chi connectivity index (χ4v) is 14.3. The lowest BCUT2D eigenvalue weighted by Gasteiger charge is -2.64. The molecule has 0 aromatic carbocycles. The SMILES string of the molecule is C[C@@H]1O[C@@H](O[C@H]2[C@@H](O)C[C@H](O[C@H]3[C@@H](O)C[C@H](O[C@H]4[C@@H](O)C[C@H](O[C@H]5CC[C@@]6(C)[C@H](CC[C@@H]7[C@@H]6CC[C@]6(C)[C@@H](C8=CC(=O)OC8)CC[C@]76O)C5)O[C@@H]4C)O[C@@H]3C)O[C@@H]2C)[C@H](O)[C@H](O)[C@H]1O. The summed E-state index contributed by atoms with van der Waals surface area (Å²) in [6.45, 7) is 11.9. The van der Waals surface area contributed by atoms with E-state index in [0.717, 1.165) is 63.4 Å². The first-order chi connectivity index (χ1) is 30.3. The molecule has 25 atom stereocenters. The minimum atomic E-state index is -1.53. The lowest BCUT2D eigenvalue weighted by Crippen LogP contribution is -2.62. The highest BCUT2D eigenvalue weighted by molar-refractivity contribution is 5.85. The van der Waals surface area contributed by atoms with Crippen LogP contribution in [0.3, 0.4) is 0 Å². The van der Waals surface area contributed by atoms with Crippen LogP contribution in [0.1, 0.15) is 119 Å². The Morgan fingerprint density at radius 1 is 0.594 bits per heavy atom. The van der Waals surface area contributed by atoms with Crippen molar-refractivity contribution < 1.29 is 83.2 Å². The Morgan fingerprint density at radius 3 is 1.73 bits per heavy atom. The van der Waals surface area contributed by atoms with E-state index >= 15 is 0 Å². The third kappa shape index (κ3) is 8.45. The van der Waals surface area contributed by atoms with Gasteiger partial charge in [0.05, 0.1) is 54.4 Å². The molecule has 5 aliphatic heterocycles. The fraction of sp³-hybridized carbons (Fsp3) is 0.936. The molecule has 8 fully saturated rings. The van der Waals surface area contributed by atoms with Crippen LogP contribution >= 0.6 is 0 Å². The molecule has 0 aromatic rings. The van der Waals surface area contributed by atoms with Crippen molar-refractivity contribution >= 4 is 5.97 Å². The molecule has 0 spiro atoms. The zero-order valence-electron chi connectivity index (χ0n) is 38.2. The Kier molecular flexibility index (Phi) is 13.5. The van der Waals surface area contributed by atoms with Gasteiger partial charge >= 0.3 is 5.97 Å². The van der Waals surface area contributed by atoms with Gasteiger partial charge in [-0.05, 0) is 120 Å². The van der Waals surface area contributed by atoms with Gasteiger partial charge in [0.25, 0.3) is 0 Å². The van der Waals surface area contributed by atoms with Crippen molar-refractivity contribution in [2.75, 3.05) is 6.61 Å². The lowest BCUT2D eigenvalue weighted by atomic mass is 9.43. The largest absolute Gasteiger partial charge is 0.458 e. The Hall–Kier alpha value is -1.39. The number of cyclic esters (lactones) is 1. The summed E-state index contributed by atoms with van der Waals surface area (Å²) >= 11 is 0. The molecule has 64 heavy (non-hydrogen) atoms. The summed E-state index contributed by atoms with van der Waals surface area (Å²) in [6.07, 6.45) is -5.75. The van der Waals surface area contributed by atoms with Crippen molar-refractivity contribution in [3.63, 3.8) is 0 Å². The van der Waals surface area contributed by atoms with E-state index < -0.39 is 110 Å². The van der Waals surface area contributed by atoms with E-state index in [4.69, 9.17) is 42.6 Å². The number of aliphatic hydroxyl groups is 7. The summed E-state index contributed by atoms with van der Waals surface area (Å²) in [5.41, 5.74) is 0.140. The van der Waals surface area contributed by atoms with E-state index in [1.165, 1.54) is 0 Å². The molecule has 0 amide bonds. The summed E-state index contributed by atoms with van der Waals surface area (Å²) in [7, 11) is 0. The van der Waals surface area contributed by atoms with E-state index in [2.05, 4.69) is 13.8 Å². The van der Waals surface area contributed by atoms with Gasteiger partial charge in [0.15, 0.2) is 25.2 Å². The molecular formula is C47H74O17. The molecule has 0 radical (unpaired) electrons. The highest BCUT2D eigenvalue weighted by Gasteiger charge is 2.68. The van der Waals surface area contributed by atoms with Crippen molar-refractivity contribution in [2.45, 2.75) is 235 Å². The van der Waals surface area contributed by atoms with E-state index in [1.807, 2.05) is 6.92 Å². The first-order valence-electron chi connectivity index (χ1n) is 24.2. The third-order valence-corrected chi connectivity index (χ3v) is 17.9. The zero-order valence-corrected chi connectivity index (χ0v) is 38.2. The van der Waals surface area contributed by atoms with Crippen LogP contribution in [0.4, 0.5) is 0 Å². The molecule has 364 valence electrons. The van der Waals surface area contributed by atoms with Gasteiger partial charge in [-0.3, -0.25) is 0 Å². The number of hydrogen-bond acceptors (Lipinski definition) is 17. The molecule has 7 N–H and O–H groups in total. The molecule has 4 saturated carbocycles. The molecule has 17 nitrogen and oxygen atoms in total.